The van der Waals surface area contributed by atoms with Crippen molar-refractivity contribution in [2.75, 3.05) is 0 Å². The van der Waals surface area contributed by atoms with Gasteiger partial charge >= 0.3 is 0 Å². The van der Waals surface area contributed by atoms with E-state index >= 15 is 0 Å². The predicted octanol–water partition coefficient (Wildman–Crippen LogP) is 2.66. The maximum atomic E-state index is 12.4. The van der Waals surface area contributed by atoms with E-state index < -0.39 is 5.92 Å². The minimum atomic E-state index is -0.619. The highest BCUT2D eigenvalue weighted by Crippen LogP contribution is 2.39. The Morgan fingerprint density at radius 3 is 2.46 bits per heavy atom. The lowest BCUT2D eigenvalue weighted by atomic mass is 9.84. The van der Waals surface area contributed by atoms with Crippen LogP contribution in [0.15, 0.2) is 77.2 Å². The lowest BCUT2D eigenvalue weighted by molar-refractivity contribution is 0.375. The third-order valence-corrected chi connectivity index (χ3v) is 4.37. The van der Waals surface area contributed by atoms with Crippen molar-refractivity contribution >= 4 is 0 Å². The first-order valence-electron chi connectivity index (χ1n) is 7.99. The molecular formula is C20H14N4O2. The summed E-state index contributed by atoms with van der Waals surface area (Å²) in [7, 11) is 0. The molecule has 0 aliphatic carbocycles. The SMILES string of the molecule is N#CC1=C(N)Oc2nc[nH]c(=O)c2[C@H]1c1ccc(-c2ccccc2)cc1. The number of rotatable bonds is 2. The van der Waals surface area contributed by atoms with Crippen LogP contribution in [0, 0.1) is 11.3 Å². The van der Waals surface area contributed by atoms with Crippen molar-refractivity contribution in [1.82, 2.24) is 9.97 Å². The molecule has 1 aromatic heterocycles. The number of H-pyrrole nitrogens is 1. The van der Waals surface area contributed by atoms with Gasteiger partial charge in [-0.05, 0) is 16.7 Å². The van der Waals surface area contributed by atoms with Crippen molar-refractivity contribution < 1.29 is 4.74 Å². The molecule has 0 radical (unpaired) electrons. The summed E-state index contributed by atoms with van der Waals surface area (Å²) in [5, 5.41) is 9.54. The summed E-state index contributed by atoms with van der Waals surface area (Å²) in [5.41, 5.74) is 8.91. The molecule has 2 heterocycles. The van der Waals surface area contributed by atoms with Gasteiger partial charge in [0.2, 0.25) is 11.8 Å². The van der Waals surface area contributed by atoms with Gasteiger partial charge in [0, 0.05) is 0 Å². The molecule has 6 nitrogen and oxygen atoms in total. The van der Waals surface area contributed by atoms with Crippen LogP contribution in [0.5, 0.6) is 5.88 Å². The lowest BCUT2D eigenvalue weighted by Gasteiger charge is -2.24. The van der Waals surface area contributed by atoms with Gasteiger partial charge in [0.25, 0.3) is 5.56 Å². The maximum Gasteiger partial charge on any atom is 0.258 e. The molecule has 3 aromatic rings. The van der Waals surface area contributed by atoms with Crippen LogP contribution in [0.2, 0.25) is 0 Å². The Kier molecular flexibility index (Phi) is 3.75. The number of nitrogens with two attached hydrogens (primary N) is 1. The number of nitrogens with zero attached hydrogens (tertiary/aromatic N) is 2. The predicted molar refractivity (Wildman–Crippen MR) is 96.0 cm³/mol. The number of aromatic amines is 1. The minimum absolute atomic E-state index is 0.0322. The van der Waals surface area contributed by atoms with Crippen LogP contribution < -0.4 is 16.0 Å². The van der Waals surface area contributed by atoms with E-state index in [1.165, 1.54) is 6.33 Å². The van der Waals surface area contributed by atoms with E-state index in [1.807, 2.05) is 54.6 Å². The largest absolute Gasteiger partial charge is 0.422 e. The molecule has 0 unspecified atom stereocenters. The van der Waals surface area contributed by atoms with E-state index in [4.69, 9.17) is 10.5 Å². The van der Waals surface area contributed by atoms with Gasteiger partial charge in [0.05, 0.1) is 17.8 Å². The minimum Gasteiger partial charge on any atom is -0.422 e. The number of nitrogens with one attached hydrogen (secondary N) is 1. The van der Waals surface area contributed by atoms with Gasteiger partial charge in [-0.25, -0.2) is 4.98 Å². The summed E-state index contributed by atoms with van der Waals surface area (Å²) in [6, 6.07) is 19.7. The van der Waals surface area contributed by atoms with Crippen LogP contribution in [-0.4, -0.2) is 9.97 Å². The molecule has 0 fully saturated rings. The van der Waals surface area contributed by atoms with Crippen LogP contribution in [-0.2, 0) is 0 Å². The summed E-state index contributed by atoms with van der Waals surface area (Å²) >= 11 is 0. The van der Waals surface area contributed by atoms with Gasteiger partial charge < -0.3 is 15.5 Å². The highest BCUT2D eigenvalue weighted by atomic mass is 16.5. The molecule has 1 aliphatic heterocycles. The number of benzene rings is 2. The Labute approximate surface area is 149 Å². The van der Waals surface area contributed by atoms with Crippen LogP contribution >= 0.6 is 0 Å². The van der Waals surface area contributed by atoms with Crippen molar-refractivity contribution in [2.24, 2.45) is 5.73 Å². The normalized spacial score (nSPS) is 15.7. The van der Waals surface area contributed by atoms with E-state index in [9.17, 15) is 10.1 Å². The van der Waals surface area contributed by atoms with Crippen molar-refractivity contribution in [3.8, 4) is 23.1 Å². The molecule has 0 amide bonds. The molecule has 1 aliphatic rings. The standard InChI is InChI=1S/C20H14N4O2/c21-10-15-16(17-19(25)23-11-24-20(17)26-18(15)22)14-8-6-13(7-9-14)12-4-2-1-3-5-12/h1-9,11,16H,22H2,(H,23,24,25)/t16-/m0/s1. The Bertz CT molecular complexity index is 1090. The van der Waals surface area contributed by atoms with E-state index in [-0.39, 0.29) is 28.5 Å². The highest BCUT2D eigenvalue weighted by molar-refractivity contribution is 5.64. The summed E-state index contributed by atoms with van der Waals surface area (Å²) in [6.45, 7) is 0. The molecule has 4 rings (SSSR count). The number of allylic oxidation sites excluding steroid dienone is 1. The highest BCUT2D eigenvalue weighted by Gasteiger charge is 2.33. The smallest absolute Gasteiger partial charge is 0.258 e. The fourth-order valence-corrected chi connectivity index (χ4v) is 3.13. The van der Waals surface area contributed by atoms with Crippen molar-refractivity contribution in [3.63, 3.8) is 0 Å². The first kappa shape index (κ1) is 15.7. The second-order valence-corrected chi connectivity index (χ2v) is 5.86. The van der Waals surface area contributed by atoms with Gasteiger partial charge in [-0.3, -0.25) is 4.79 Å². The number of ether oxygens (including phenoxy) is 1. The van der Waals surface area contributed by atoms with Gasteiger partial charge in [0.15, 0.2) is 0 Å². The molecule has 0 spiro atoms. The molecule has 26 heavy (non-hydrogen) atoms. The number of fused-ring (bicyclic) bond motifs is 1. The first-order valence-corrected chi connectivity index (χ1v) is 7.99. The Morgan fingerprint density at radius 2 is 1.77 bits per heavy atom. The average molecular weight is 342 g/mol. The molecule has 0 saturated heterocycles. The zero-order valence-electron chi connectivity index (χ0n) is 13.6. The zero-order valence-corrected chi connectivity index (χ0v) is 13.6. The van der Waals surface area contributed by atoms with Crippen LogP contribution in [0.25, 0.3) is 11.1 Å². The van der Waals surface area contributed by atoms with Crippen LogP contribution in [0.3, 0.4) is 0 Å². The van der Waals surface area contributed by atoms with Crippen molar-refractivity contribution in [1.29, 1.82) is 5.26 Å². The molecule has 126 valence electrons. The third-order valence-electron chi connectivity index (χ3n) is 4.37. The molecule has 0 bridgehead atoms. The van der Waals surface area contributed by atoms with E-state index in [0.29, 0.717) is 0 Å². The molecule has 2 aromatic carbocycles. The molecule has 3 N–H and O–H groups in total. The molecular weight excluding hydrogens is 328 g/mol. The molecule has 1 atom stereocenters. The van der Waals surface area contributed by atoms with E-state index in [0.717, 1.165) is 16.7 Å². The third kappa shape index (κ3) is 2.52. The Hall–Kier alpha value is -3.85. The summed E-state index contributed by atoms with van der Waals surface area (Å²) in [4.78, 5) is 18.9. The number of aromatic nitrogens is 2. The van der Waals surface area contributed by atoms with Gasteiger partial charge in [-0.2, -0.15) is 5.26 Å². The maximum absolute atomic E-state index is 12.4. The topological polar surface area (TPSA) is 105 Å². The monoisotopic (exact) mass is 342 g/mol. The van der Waals surface area contributed by atoms with Crippen LogP contribution in [0.4, 0.5) is 0 Å². The fourth-order valence-electron chi connectivity index (χ4n) is 3.13. The number of hydrogen-bond donors (Lipinski definition) is 2. The lowest BCUT2D eigenvalue weighted by Crippen LogP contribution is -2.28. The summed E-state index contributed by atoms with van der Waals surface area (Å²) in [5.74, 6) is -0.524. The second-order valence-electron chi connectivity index (χ2n) is 5.86. The fraction of sp³-hybridized carbons (Fsp3) is 0.0500. The average Bonchev–Trinajstić information content (AvgIpc) is 2.68. The van der Waals surface area contributed by atoms with Crippen molar-refractivity contribution in [3.05, 3.63) is 93.9 Å². The number of nitriles is 1. The second kappa shape index (κ2) is 6.22. The summed E-state index contributed by atoms with van der Waals surface area (Å²) in [6.07, 6.45) is 1.25. The van der Waals surface area contributed by atoms with Crippen molar-refractivity contribution in [2.45, 2.75) is 5.92 Å². The number of hydrogen-bond acceptors (Lipinski definition) is 5. The van der Waals surface area contributed by atoms with Gasteiger partial charge in [-0.15, -0.1) is 0 Å². The first-order chi connectivity index (χ1) is 12.7. The molecule has 0 saturated carbocycles. The zero-order chi connectivity index (χ0) is 18.1. The summed E-state index contributed by atoms with van der Waals surface area (Å²) < 4.78 is 5.36. The Morgan fingerprint density at radius 1 is 1.08 bits per heavy atom. The van der Waals surface area contributed by atoms with E-state index in [1.54, 1.807) is 0 Å². The molecule has 6 heteroatoms. The van der Waals surface area contributed by atoms with Gasteiger partial charge in [-0.1, -0.05) is 54.6 Å². The quantitative estimate of drug-likeness (QED) is 0.745. The Balaban J connectivity index is 1.84. The van der Waals surface area contributed by atoms with E-state index in [2.05, 4.69) is 16.0 Å². The van der Waals surface area contributed by atoms with Crippen LogP contribution in [0.1, 0.15) is 17.0 Å². The van der Waals surface area contributed by atoms with Gasteiger partial charge in [0.1, 0.15) is 11.6 Å².